The Hall–Kier alpha value is -2.88. The van der Waals surface area contributed by atoms with Crippen LogP contribution in [-0.2, 0) is 16.8 Å². The van der Waals surface area contributed by atoms with Gasteiger partial charge in [-0.3, -0.25) is 4.79 Å². The van der Waals surface area contributed by atoms with Gasteiger partial charge in [-0.15, -0.1) is 0 Å². The quantitative estimate of drug-likeness (QED) is 0.702. The predicted molar refractivity (Wildman–Crippen MR) is 100 cm³/mol. The van der Waals surface area contributed by atoms with Crippen LogP contribution in [-0.4, -0.2) is 22.3 Å². The van der Waals surface area contributed by atoms with Gasteiger partial charge in [0.1, 0.15) is 17.5 Å². The van der Waals surface area contributed by atoms with E-state index in [4.69, 9.17) is 9.40 Å². The van der Waals surface area contributed by atoms with Crippen molar-refractivity contribution in [3.05, 3.63) is 78.4 Å². The molecule has 0 radical (unpaired) electrons. The molecule has 0 bridgehead atoms. The third kappa shape index (κ3) is 2.92. The number of rotatable bonds is 4. The number of amides is 1. The lowest BCUT2D eigenvalue weighted by atomic mass is 9.87. The minimum Gasteiger partial charge on any atom is -0.446 e. The topological polar surface area (TPSA) is 46.3 Å². The first kappa shape index (κ1) is 16.6. The molecule has 1 saturated heterocycles. The maximum Gasteiger partial charge on any atom is 0.220 e. The lowest BCUT2D eigenvalue weighted by Crippen LogP contribution is -2.46. The van der Waals surface area contributed by atoms with Crippen molar-refractivity contribution in [1.82, 2.24) is 9.88 Å². The number of carbonyl (C=O) groups is 1. The van der Waals surface area contributed by atoms with Crippen molar-refractivity contribution in [3.8, 4) is 11.3 Å². The molecule has 4 rings (SSSR count). The molecule has 1 aliphatic rings. The first-order valence-electron chi connectivity index (χ1n) is 9.03. The molecule has 2 aromatic carbocycles. The average molecular weight is 346 g/mol. The van der Waals surface area contributed by atoms with Gasteiger partial charge in [0.2, 0.25) is 11.8 Å². The molecule has 0 N–H and O–H groups in total. The Balaban J connectivity index is 1.76. The minimum atomic E-state index is -0.514. The van der Waals surface area contributed by atoms with E-state index in [-0.39, 0.29) is 5.91 Å². The van der Waals surface area contributed by atoms with Gasteiger partial charge in [-0.05, 0) is 18.4 Å². The van der Waals surface area contributed by atoms with Crippen LogP contribution in [0.1, 0.15) is 31.2 Å². The molecule has 1 aromatic heterocycles. The number of oxazole rings is 1. The molecule has 0 aliphatic carbocycles. The first-order valence-corrected chi connectivity index (χ1v) is 9.03. The molecule has 4 nitrogen and oxygen atoms in total. The van der Waals surface area contributed by atoms with Gasteiger partial charge in [-0.1, -0.05) is 60.7 Å². The third-order valence-electron chi connectivity index (χ3n) is 5.18. The summed E-state index contributed by atoms with van der Waals surface area (Å²) in [6, 6.07) is 20.2. The highest BCUT2D eigenvalue weighted by molar-refractivity contribution is 5.75. The van der Waals surface area contributed by atoms with Crippen LogP contribution in [0.4, 0.5) is 0 Å². The number of likely N-dealkylation sites (tertiary alicyclic amines) is 1. The molecule has 1 amide bonds. The Labute approximate surface area is 153 Å². The maximum atomic E-state index is 12.4. The van der Waals surface area contributed by atoms with E-state index < -0.39 is 5.54 Å². The number of carbonyl (C=O) groups excluding carboxylic acids is 1. The number of hydrogen-bond donors (Lipinski definition) is 0. The fourth-order valence-corrected chi connectivity index (χ4v) is 3.98. The lowest BCUT2D eigenvalue weighted by molar-refractivity contribution is -0.134. The van der Waals surface area contributed by atoms with E-state index in [2.05, 4.69) is 12.1 Å². The summed E-state index contributed by atoms with van der Waals surface area (Å²) < 4.78 is 5.95. The van der Waals surface area contributed by atoms with Crippen LogP contribution in [0.5, 0.6) is 0 Å². The van der Waals surface area contributed by atoms with E-state index in [1.807, 2.05) is 53.4 Å². The Kier molecular flexibility index (Phi) is 4.33. The number of aromatic nitrogens is 1. The van der Waals surface area contributed by atoms with Crippen LogP contribution < -0.4 is 0 Å². The van der Waals surface area contributed by atoms with Gasteiger partial charge in [0.25, 0.3) is 0 Å². The summed E-state index contributed by atoms with van der Waals surface area (Å²) in [7, 11) is 0. The molecule has 1 aliphatic heterocycles. The van der Waals surface area contributed by atoms with Crippen LogP contribution >= 0.6 is 0 Å². The van der Waals surface area contributed by atoms with Gasteiger partial charge in [0.15, 0.2) is 0 Å². The smallest absolute Gasteiger partial charge is 0.220 e. The Morgan fingerprint density at radius 2 is 1.81 bits per heavy atom. The summed E-state index contributed by atoms with van der Waals surface area (Å²) in [4.78, 5) is 19.1. The van der Waals surface area contributed by atoms with Gasteiger partial charge in [-0.2, -0.15) is 0 Å². The van der Waals surface area contributed by atoms with Gasteiger partial charge < -0.3 is 9.32 Å². The highest BCUT2D eigenvalue weighted by Crippen LogP contribution is 2.42. The zero-order valence-electron chi connectivity index (χ0n) is 14.9. The normalized spacial score (nSPS) is 19.7. The van der Waals surface area contributed by atoms with Gasteiger partial charge >= 0.3 is 0 Å². The minimum absolute atomic E-state index is 0.0675. The molecule has 0 saturated carbocycles. The fourth-order valence-electron chi connectivity index (χ4n) is 3.98. The SMILES string of the molecule is CC(=O)N1CCCC1(Cc1ccccc1)c1nc(-c2ccccc2)co1. The highest BCUT2D eigenvalue weighted by atomic mass is 16.3. The standard InChI is InChI=1S/C22H22N2O2/c1-17(25)24-14-8-13-22(24,15-18-9-4-2-5-10-18)21-23-20(16-26-21)19-11-6-3-7-12-19/h2-7,9-12,16H,8,13-15H2,1H3. The van der Waals surface area contributed by atoms with Gasteiger partial charge in [0.05, 0.1) is 0 Å². The summed E-state index contributed by atoms with van der Waals surface area (Å²) in [6.07, 6.45) is 4.22. The van der Waals surface area contributed by atoms with Crippen molar-refractivity contribution in [2.24, 2.45) is 0 Å². The monoisotopic (exact) mass is 346 g/mol. The van der Waals surface area contributed by atoms with Crippen molar-refractivity contribution in [3.63, 3.8) is 0 Å². The number of nitrogens with zero attached hydrogens (tertiary/aromatic N) is 2. The molecule has 132 valence electrons. The van der Waals surface area contributed by atoms with Crippen molar-refractivity contribution >= 4 is 5.91 Å². The van der Waals surface area contributed by atoms with E-state index in [0.717, 1.165) is 30.6 Å². The first-order chi connectivity index (χ1) is 12.7. The second-order valence-electron chi connectivity index (χ2n) is 6.87. The fraction of sp³-hybridized carbons (Fsp3) is 0.273. The summed E-state index contributed by atoms with van der Waals surface area (Å²) >= 11 is 0. The summed E-state index contributed by atoms with van der Waals surface area (Å²) in [5.74, 6) is 0.700. The molecule has 1 atom stereocenters. The van der Waals surface area contributed by atoms with Crippen molar-refractivity contribution < 1.29 is 9.21 Å². The van der Waals surface area contributed by atoms with E-state index in [9.17, 15) is 4.79 Å². The molecule has 2 heterocycles. The second-order valence-corrected chi connectivity index (χ2v) is 6.87. The molecular weight excluding hydrogens is 324 g/mol. The Bertz CT molecular complexity index is 889. The Morgan fingerprint density at radius 3 is 2.50 bits per heavy atom. The van der Waals surface area contributed by atoms with Crippen LogP contribution in [0, 0.1) is 0 Å². The molecular formula is C22H22N2O2. The zero-order valence-corrected chi connectivity index (χ0v) is 14.9. The van der Waals surface area contributed by atoms with Gasteiger partial charge in [-0.25, -0.2) is 4.98 Å². The largest absolute Gasteiger partial charge is 0.446 e. The van der Waals surface area contributed by atoms with E-state index >= 15 is 0 Å². The predicted octanol–water partition coefficient (Wildman–Crippen LogP) is 4.42. The van der Waals surface area contributed by atoms with Crippen LogP contribution in [0.2, 0.25) is 0 Å². The van der Waals surface area contributed by atoms with Gasteiger partial charge in [0, 0.05) is 25.5 Å². The van der Waals surface area contributed by atoms with E-state index in [1.54, 1.807) is 13.2 Å². The molecule has 0 spiro atoms. The molecule has 3 aromatic rings. The third-order valence-corrected chi connectivity index (χ3v) is 5.18. The molecule has 1 unspecified atom stereocenters. The second kappa shape index (κ2) is 6.79. The summed E-state index contributed by atoms with van der Waals surface area (Å²) in [5.41, 5.74) is 2.49. The zero-order chi connectivity index (χ0) is 18.0. The van der Waals surface area contributed by atoms with Crippen molar-refractivity contribution in [2.45, 2.75) is 31.7 Å². The van der Waals surface area contributed by atoms with Crippen LogP contribution in [0.15, 0.2) is 71.3 Å². The van der Waals surface area contributed by atoms with E-state index in [0.29, 0.717) is 12.3 Å². The summed E-state index contributed by atoms with van der Waals surface area (Å²) in [5, 5.41) is 0. The highest BCUT2D eigenvalue weighted by Gasteiger charge is 2.47. The summed E-state index contributed by atoms with van der Waals surface area (Å²) in [6.45, 7) is 2.37. The average Bonchev–Trinajstić information content (AvgIpc) is 3.31. The molecule has 1 fully saturated rings. The molecule has 26 heavy (non-hydrogen) atoms. The maximum absolute atomic E-state index is 12.4. The van der Waals surface area contributed by atoms with Crippen molar-refractivity contribution in [1.29, 1.82) is 0 Å². The molecule has 4 heteroatoms. The van der Waals surface area contributed by atoms with Crippen LogP contribution in [0.25, 0.3) is 11.3 Å². The van der Waals surface area contributed by atoms with Crippen LogP contribution in [0.3, 0.4) is 0 Å². The Morgan fingerprint density at radius 1 is 1.12 bits per heavy atom. The van der Waals surface area contributed by atoms with Crippen molar-refractivity contribution in [2.75, 3.05) is 6.54 Å². The van der Waals surface area contributed by atoms with E-state index in [1.165, 1.54) is 5.56 Å². The lowest BCUT2D eigenvalue weighted by Gasteiger charge is -2.35. The number of hydrogen-bond acceptors (Lipinski definition) is 3. The number of benzene rings is 2.